The highest BCUT2D eigenvalue weighted by atomic mass is 79.9. The highest BCUT2D eigenvalue weighted by Crippen LogP contribution is 2.30. The van der Waals surface area contributed by atoms with E-state index in [1.807, 2.05) is 56.0 Å². The molecule has 5 nitrogen and oxygen atoms in total. The van der Waals surface area contributed by atoms with E-state index in [0.717, 1.165) is 16.7 Å². The van der Waals surface area contributed by atoms with Crippen molar-refractivity contribution in [2.75, 3.05) is 7.11 Å². The highest BCUT2D eigenvalue weighted by molar-refractivity contribution is 9.10. The van der Waals surface area contributed by atoms with E-state index in [9.17, 15) is 4.79 Å². The second kappa shape index (κ2) is 7.19. The number of nitrogens with zero attached hydrogens (tertiary/aromatic N) is 1. The van der Waals surface area contributed by atoms with Crippen molar-refractivity contribution in [1.82, 2.24) is 4.90 Å². The fraction of sp³-hybridized carbons (Fsp3) is 0.350. The average molecular weight is 420 g/mol. The summed E-state index contributed by atoms with van der Waals surface area (Å²) in [5, 5.41) is 0.896. The molecule has 3 rings (SSSR count). The van der Waals surface area contributed by atoms with Crippen molar-refractivity contribution in [3.8, 4) is 5.75 Å². The number of benzene rings is 1. The number of ether oxygens (including phenoxy) is 1. The molecule has 0 radical (unpaired) electrons. The van der Waals surface area contributed by atoms with E-state index in [1.165, 1.54) is 0 Å². The van der Waals surface area contributed by atoms with Gasteiger partial charge in [-0.25, -0.2) is 0 Å². The number of para-hydroxylation sites is 1. The lowest BCUT2D eigenvalue weighted by Crippen LogP contribution is -2.45. The quantitative estimate of drug-likeness (QED) is 0.572. The van der Waals surface area contributed by atoms with Crippen LogP contribution in [0, 0.1) is 0 Å². The van der Waals surface area contributed by atoms with Crippen LogP contribution in [0.15, 0.2) is 50.1 Å². The minimum absolute atomic E-state index is 0.00976. The first kappa shape index (κ1) is 18.6. The zero-order valence-electron chi connectivity index (χ0n) is 15.3. The fourth-order valence-corrected chi connectivity index (χ4v) is 3.27. The summed E-state index contributed by atoms with van der Waals surface area (Å²) in [4.78, 5) is 14.9. The number of rotatable bonds is 5. The van der Waals surface area contributed by atoms with E-state index < -0.39 is 0 Å². The van der Waals surface area contributed by atoms with Gasteiger partial charge in [0, 0.05) is 16.5 Å². The zero-order chi connectivity index (χ0) is 18.9. The van der Waals surface area contributed by atoms with Crippen LogP contribution in [0.2, 0.25) is 0 Å². The third-order valence-corrected chi connectivity index (χ3v) is 4.69. The van der Waals surface area contributed by atoms with Crippen molar-refractivity contribution < 1.29 is 18.4 Å². The summed E-state index contributed by atoms with van der Waals surface area (Å²) in [6.07, 6.45) is 1.88. The predicted octanol–water partition coefficient (Wildman–Crippen LogP) is 5.17. The maximum atomic E-state index is 13.1. The van der Waals surface area contributed by atoms with Gasteiger partial charge in [0.05, 0.1) is 26.3 Å². The minimum Gasteiger partial charge on any atom is -0.493 e. The van der Waals surface area contributed by atoms with Gasteiger partial charge in [-0.05, 0) is 54.9 Å². The largest absolute Gasteiger partial charge is 0.493 e. The van der Waals surface area contributed by atoms with E-state index in [1.54, 1.807) is 13.4 Å². The molecule has 2 heterocycles. The molecule has 0 saturated carbocycles. The van der Waals surface area contributed by atoms with Crippen molar-refractivity contribution >= 4 is 32.8 Å². The number of carbonyl (C=O) groups is 1. The van der Waals surface area contributed by atoms with Crippen molar-refractivity contribution in [2.24, 2.45) is 0 Å². The Morgan fingerprint density at radius 1 is 1.23 bits per heavy atom. The minimum atomic E-state index is -0.340. The first-order valence-corrected chi connectivity index (χ1v) is 9.16. The van der Waals surface area contributed by atoms with Crippen LogP contribution in [-0.2, 0) is 17.8 Å². The Morgan fingerprint density at radius 2 is 2.00 bits per heavy atom. The van der Waals surface area contributed by atoms with E-state index in [4.69, 9.17) is 13.6 Å². The molecule has 0 aliphatic heterocycles. The van der Waals surface area contributed by atoms with Gasteiger partial charge in [-0.15, -0.1) is 0 Å². The van der Waals surface area contributed by atoms with Crippen LogP contribution in [0.3, 0.4) is 0 Å². The number of furan rings is 2. The molecule has 0 atom stereocenters. The van der Waals surface area contributed by atoms with Gasteiger partial charge in [0.25, 0.3) is 0 Å². The molecule has 0 aliphatic carbocycles. The second-order valence-electron chi connectivity index (χ2n) is 7.13. The molecule has 6 heteroatoms. The maximum Gasteiger partial charge on any atom is 0.227 e. The van der Waals surface area contributed by atoms with Gasteiger partial charge in [-0.2, -0.15) is 0 Å². The number of carbonyl (C=O) groups excluding carboxylic acids is 1. The maximum absolute atomic E-state index is 13.1. The van der Waals surface area contributed by atoms with Crippen molar-refractivity contribution in [3.63, 3.8) is 0 Å². The monoisotopic (exact) mass is 419 g/mol. The Labute approximate surface area is 161 Å². The molecule has 1 aromatic carbocycles. The molecule has 1 amide bonds. The molecule has 0 fully saturated rings. The number of fused-ring (bicyclic) bond motifs is 1. The molecular formula is C20H22BrNO4. The molecule has 138 valence electrons. The van der Waals surface area contributed by atoms with Crippen molar-refractivity contribution in [1.29, 1.82) is 0 Å². The van der Waals surface area contributed by atoms with E-state index >= 15 is 0 Å². The third kappa shape index (κ3) is 3.80. The molecule has 0 spiro atoms. The fourth-order valence-electron chi connectivity index (χ4n) is 2.93. The molecule has 0 unspecified atom stereocenters. The van der Waals surface area contributed by atoms with Crippen LogP contribution in [0.1, 0.15) is 32.1 Å². The summed E-state index contributed by atoms with van der Waals surface area (Å²) in [6, 6.07) is 9.37. The number of hydrogen-bond acceptors (Lipinski definition) is 4. The zero-order valence-corrected chi connectivity index (χ0v) is 16.9. The Morgan fingerprint density at radius 3 is 2.62 bits per heavy atom. The number of halogens is 1. The van der Waals surface area contributed by atoms with Gasteiger partial charge in [-0.1, -0.05) is 12.1 Å². The molecular weight excluding hydrogens is 398 g/mol. The van der Waals surface area contributed by atoms with Crippen LogP contribution in [0.5, 0.6) is 5.75 Å². The van der Waals surface area contributed by atoms with Gasteiger partial charge in [0.15, 0.2) is 16.0 Å². The first-order valence-electron chi connectivity index (χ1n) is 8.37. The Kier molecular flexibility index (Phi) is 5.14. The molecule has 0 bridgehead atoms. The van der Waals surface area contributed by atoms with Crippen LogP contribution in [0.4, 0.5) is 0 Å². The predicted molar refractivity (Wildman–Crippen MR) is 103 cm³/mol. The molecule has 3 aromatic rings. The summed E-state index contributed by atoms with van der Waals surface area (Å²) in [5.41, 5.74) is 1.17. The van der Waals surface area contributed by atoms with Crippen LogP contribution >= 0.6 is 15.9 Å². The average Bonchev–Trinajstić information content (AvgIpc) is 3.17. The second-order valence-corrected chi connectivity index (χ2v) is 7.91. The lowest BCUT2D eigenvalue weighted by molar-refractivity contribution is -0.136. The summed E-state index contributed by atoms with van der Waals surface area (Å²) in [7, 11) is 1.60. The van der Waals surface area contributed by atoms with Crippen molar-refractivity contribution in [3.05, 3.63) is 52.6 Å². The van der Waals surface area contributed by atoms with Gasteiger partial charge >= 0.3 is 0 Å². The molecule has 2 aromatic heterocycles. The smallest absolute Gasteiger partial charge is 0.227 e. The van der Waals surface area contributed by atoms with Crippen LogP contribution in [-0.4, -0.2) is 23.5 Å². The summed E-state index contributed by atoms with van der Waals surface area (Å²) < 4.78 is 17.2. The highest BCUT2D eigenvalue weighted by Gasteiger charge is 2.28. The number of methoxy groups -OCH3 is 1. The molecule has 0 saturated heterocycles. The SMILES string of the molecule is COc1cccc2c(CC(=O)N(Cc3ccc(Br)o3)C(C)(C)C)coc12. The van der Waals surface area contributed by atoms with Gasteiger partial charge < -0.3 is 18.5 Å². The Balaban J connectivity index is 1.86. The molecule has 0 N–H and O–H groups in total. The van der Waals surface area contributed by atoms with Gasteiger partial charge in [0.1, 0.15) is 5.76 Å². The lowest BCUT2D eigenvalue weighted by Gasteiger charge is -2.35. The topological polar surface area (TPSA) is 55.8 Å². The number of hydrogen-bond donors (Lipinski definition) is 0. The lowest BCUT2D eigenvalue weighted by atomic mass is 10.0. The van der Waals surface area contributed by atoms with Crippen molar-refractivity contribution in [2.45, 2.75) is 39.3 Å². The summed E-state index contributed by atoms with van der Waals surface area (Å²) >= 11 is 3.30. The van der Waals surface area contributed by atoms with Crippen LogP contribution < -0.4 is 4.74 Å². The first-order chi connectivity index (χ1) is 12.3. The van der Waals surface area contributed by atoms with E-state index in [-0.39, 0.29) is 17.9 Å². The number of amides is 1. The van der Waals surface area contributed by atoms with Crippen LogP contribution in [0.25, 0.3) is 11.0 Å². The Hall–Kier alpha value is -2.21. The third-order valence-electron chi connectivity index (χ3n) is 4.26. The van der Waals surface area contributed by atoms with E-state index in [0.29, 0.717) is 22.5 Å². The normalized spacial score (nSPS) is 11.7. The molecule has 26 heavy (non-hydrogen) atoms. The molecule has 0 aliphatic rings. The van der Waals surface area contributed by atoms with E-state index in [2.05, 4.69) is 15.9 Å². The van der Waals surface area contributed by atoms with Gasteiger partial charge in [-0.3, -0.25) is 4.79 Å². The standard InChI is InChI=1S/C20H22BrNO4/c1-20(2,3)22(11-14-8-9-17(21)26-14)18(23)10-13-12-25-19-15(13)6-5-7-16(19)24-4/h5-9,12H,10-11H2,1-4H3. The summed E-state index contributed by atoms with van der Waals surface area (Å²) in [6.45, 7) is 6.45. The summed E-state index contributed by atoms with van der Waals surface area (Å²) in [5.74, 6) is 1.41. The van der Waals surface area contributed by atoms with Gasteiger partial charge in [0.2, 0.25) is 5.91 Å². The Bertz CT molecular complexity index is 919.